The van der Waals surface area contributed by atoms with Gasteiger partial charge in [-0.25, -0.2) is 0 Å². The van der Waals surface area contributed by atoms with Gasteiger partial charge in [-0.3, -0.25) is 0 Å². The predicted octanol–water partition coefficient (Wildman–Crippen LogP) is 3.57. The molecule has 0 radical (unpaired) electrons. The first-order chi connectivity index (χ1) is 7.45. The third-order valence-corrected chi connectivity index (χ3v) is 4.74. The number of hydrogen-bond acceptors (Lipinski definition) is 2. The van der Waals surface area contributed by atoms with E-state index in [2.05, 4.69) is 42.5 Å². The smallest absolute Gasteiger partial charge is 0.109 e. The molecular weight excluding hydrogens is 315 g/mol. The standard InChI is InChI=1S/C13H21IO2/c1-3-11(14)16-12(2)7-10-5-4-6-13(15,8-10)9-12/h7,11,15H,3-6,8-9H2,1-2H3. The van der Waals surface area contributed by atoms with Crippen molar-refractivity contribution < 1.29 is 9.84 Å². The van der Waals surface area contributed by atoms with Crippen LogP contribution < -0.4 is 0 Å². The van der Waals surface area contributed by atoms with Crippen molar-refractivity contribution in [1.82, 2.24) is 0 Å². The average molecular weight is 336 g/mol. The van der Waals surface area contributed by atoms with Crippen LogP contribution in [0.5, 0.6) is 0 Å². The van der Waals surface area contributed by atoms with E-state index in [-0.39, 0.29) is 9.71 Å². The first-order valence-electron chi connectivity index (χ1n) is 6.20. The zero-order valence-corrected chi connectivity index (χ0v) is 12.3. The maximum atomic E-state index is 10.5. The van der Waals surface area contributed by atoms with Gasteiger partial charge in [-0.2, -0.15) is 0 Å². The van der Waals surface area contributed by atoms with E-state index in [9.17, 15) is 5.11 Å². The second-order valence-electron chi connectivity index (χ2n) is 5.48. The molecule has 1 fully saturated rings. The first kappa shape index (κ1) is 12.8. The van der Waals surface area contributed by atoms with Crippen LogP contribution in [-0.4, -0.2) is 20.4 Å². The molecule has 2 nitrogen and oxygen atoms in total. The molecule has 0 aliphatic heterocycles. The summed E-state index contributed by atoms with van der Waals surface area (Å²) in [6.45, 7) is 4.25. The van der Waals surface area contributed by atoms with Gasteiger partial charge in [0.15, 0.2) is 0 Å². The van der Waals surface area contributed by atoms with Crippen LogP contribution in [0.25, 0.3) is 0 Å². The van der Waals surface area contributed by atoms with Gasteiger partial charge in [0.25, 0.3) is 0 Å². The second-order valence-corrected chi connectivity index (χ2v) is 6.87. The monoisotopic (exact) mass is 336 g/mol. The SMILES string of the molecule is CCC(I)OC1(C)C=C2CCCC(O)(C2)C1. The summed E-state index contributed by atoms with van der Waals surface area (Å²) in [5.41, 5.74) is 0.633. The Kier molecular flexibility index (Phi) is 3.67. The summed E-state index contributed by atoms with van der Waals surface area (Å²) < 4.78 is 6.32. The maximum absolute atomic E-state index is 10.5. The van der Waals surface area contributed by atoms with Gasteiger partial charge < -0.3 is 9.84 Å². The van der Waals surface area contributed by atoms with Gasteiger partial charge in [-0.05, 0) is 39.0 Å². The van der Waals surface area contributed by atoms with Crippen molar-refractivity contribution in [3.8, 4) is 0 Å². The molecule has 3 atom stereocenters. The quantitative estimate of drug-likeness (QED) is 0.485. The summed E-state index contributed by atoms with van der Waals surface area (Å²) in [6, 6.07) is 0. The molecule has 0 aromatic heterocycles. The van der Waals surface area contributed by atoms with Crippen molar-refractivity contribution in [1.29, 1.82) is 0 Å². The van der Waals surface area contributed by atoms with Crippen LogP contribution in [0.2, 0.25) is 0 Å². The fourth-order valence-corrected chi connectivity index (χ4v) is 3.69. The number of hydrogen-bond donors (Lipinski definition) is 1. The molecule has 2 bridgehead atoms. The van der Waals surface area contributed by atoms with Crippen molar-refractivity contribution in [2.75, 3.05) is 0 Å². The molecule has 0 spiro atoms. The molecular formula is C13H21IO2. The molecule has 3 unspecified atom stereocenters. The Morgan fingerprint density at radius 2 is 2.38 bits per heavy atom. The number of alkyl halides is 1. The molecule has 3 heteroatoms. The lowest BCUT2D eigenvalue weighted by Crippen LogP contribution is -2.46. The van der Waals surface area contributed by atoms with E-state index in [1.807, 2.05) is 0 Å². The Morgan fingerprint density at radius 1 is 1.62 bits per heavy atom. The molecule has 2 rings (SSSR count). The highest BCUT2D eigenvalue weighted by Gasteiger charge is 2.43. The van der Waals surface area contributed by atoms with E-state index in [0.29, 0.717) is 0 Å². The number of aliphatic hydroxyl groups is 1. The van der Waals surface area contributed by atoms with Gasteiger partial charge >= 0.3 is 0 Å². The molecule has 0 aromatic rings. The minimum atomic E-state index is -0.499. The zero-order valence-electron chi connectivity index (χ0n) is 10.1. The van der Waals surface area contributed by atoms with Gasteiger partial charge in [0, 0.05) is 6.42 Å². The summed E-state index contributed by atoms with van der Waals surface area (Å²) in [6.07, 6.45) is 8.09. The van der Waals surface area contributed by atoms with Gasteiger partial charge in [-0.15, -0.1) is 0 Å². The molecule has 0 aromatic carbocycles. The molecule has 2 aliphatic carbocycles. The van der Waals surface area contributed by atoms with Gasteiger partial charge in [0.05, 0.1) is 11.2 Å². The van der Waals surface area contributed by atoms with Crippen LogP contribution in [0.15, 0.2) is 11.6 Å². The molecule has 0 heterocycles. The van der Waals surface area contributed by atoms with E-state index in [0.717, 1.165) is 38.5 Å². The number of rotatable bonds is 3. The summed E-state index contributed by atoms with van der Waals surface area (Å²) in [7, 11) is 0. The lowest BCUT2D eigenvalue weighted by molar-refractivity contribution is -0.0928. The van der Waals surface area contributed by atoms with E-state index in [1.165, 1.54) is 5.57 Å². The average Bonchev–Trinajstić information content (AvgIpc) is 2.14. The Balaban J connectivity index is 2.16. The lowest BCUT2D eigenvalue weighted by atomic mass is 9.70. The van der Waals surface area contributed by atoms with Gasteiger partial charge in [0.2, 0.25) is 0 Å². The van der Waals surface area contributed by atoms with Crippen molar-refractivity contribution in [2.45, 2.75) is 67.7 Å². The Hall–Kier alpha value is 0.390. The van der Waals surface area contributed by atoms with Crippen LogP contribution in [0.4, 0.5) is 0 Å². The largest absolute Gasteiger partial charge is 0.389 e. The number of fused-ring (bicyclic) bond motifs is 2. The first-order valence-corrected chi connectivity index (χ1v) is 7.44. The van der Waals surface area contributed by atoms with Gasteiger partial charge in [-0.1, -0.05) is 41.2 Å². The number of ether oxygens (including phenoxy) is 1. The Morgan fingerprint density at radius 3 is 3.00 bits per heavy atom. The van der Waals surface area contributed by atoms with Crippen LogP contribution in [0, 0.1) is 0 Å². The van der Waals surface area contributed by atoms with Crippen LogP contribution in [0.3, 0.4) is 0 Å². The van der Waals surface area contributed by atoms with Crippen molar-refractivity contribution >= 4 is 22.6 Å². The molecule has 1 N–H and O–H groups in total. The van der Waals surface area contributed by atoms with E-state index >= 15 is 0 Å². The highest BCUT2D eigenvalue weighted by Crippen LogP contribution is 2.45. The fraction of sp³-hybridized carbons (Fsp3) is 0.846. The van der Waals surface area contributed by atoms with Crippen molar-refractivity contribution in [3.63, 3.8) is 0 Å². The zero-order chi connectivity index (χ0) is 11.8. The predicted molar refractivity (Wildman–Crippen MR) is 73.7 cm³/mol. The molecule has 16 heavy (non-hydrogen) atoms. The van der Waals surface area contributed by atoms with Gasteiger partial charge in [0.1, 0.15) is 4.11 Å². The van der Waals surface area contributed by atoms with E-state index in [1.54, 1.807) is 0 Å². The fourth-order valence-electron chi connectivity index (χ4n) is 3.11. The van der Waals surface area contributed by atoms with E-state index < -0.39 is 5.60 Å². The van der Waals surface area contributed by atoms with Crippen LogP contribution in [-0.2, 0) is 4.74 Å². The highest BCUT2D eigenvalue weighted by atomic mass is 127. The highest BCUT2D eigenvalue weighted by molar-refractivity contribution is 14.1. The summed E-state index contributed by atoms with van der Waals surface area (Å²) in [4.78, 5) is 0. The molecule has 2 aliphatic rings. The maximum Gasteiger partial charge on any atom is 0.109 e. The topological polar surface area (TPSA) is 29.5 Å². The third kappa shape index (κ3) is 2.79. The Bertz CT molecular complexity index is 302. The normalized spacial score (nSPS) is 40.4. The summed E-state index contributed by atoms with van der Waals surface area (Å²) in [5.74, 6) is 0. The molecule has 1 saturated carbocycles. The lowest BCUT2D eigenvalue weighted by Gasteiger charge is -2.45. The van der Waals surface area contributed by atoms with Crippen molar-refractivity contribution in [2.24, 2.45) is 0 Å². The minimum absolute atomic E-state index is 0.238. The molecule has 0 saturated heterocycles. The van der Waals surface area contributed by atoms with Crippen LogP contribution >= 0.6 is 22.6 Å². The molecule has 92 valence electrons. The second kappa shape index (κ2) is 4.58. The number of halogens is 1. The Labute approximate surface area is 112 Å². The summed E-state index contributed by atoms with van der Waals surface area (Å²) >= 11 is 2.33. The summed E-state index contributed by atoms with van der Waals surface area (Å²) in [5, 5.41) is 10.5. The van der Waals surface area contributed by atoms with Crippen molar-refractivity contribution in [3.05, 3.63) is 11.6 Å². The minimum Gasteiger partial charge on any atom is -0.389 e. The van der Waals surface area contributed by atoms with Crippen LogP contribution in [0.1, 0.15) is 52.4 Å². The third-order valence-electron chi connectivity index (χ3n) is 3.60. The van der Waals surface area contributed by atoms with E-state index in [4.69, 9.17) is 4.74 Å². The molecule has 0 amide bonds.